The number of nitrogens with zero attached hydrogens (tertiary/aromatic N) is 1. The van der Waals surface area contributed by atoms with Gasteiger partial charge in [0.2, 0.25) is 10.0 Å². The van der Waals surface area contributed by atoms with Gasteiger partial charge < -0.3 is 4.74 Å². The molecule has 1 atom stereocenters. The molecule has 1 unspecified atom stereocenters. The minimum absolute atomic E-state index is 0.0208. The van der Waals surface area contributed by atoms with Gasteiger partial charge in [-0.3, -0.25) is 0 Å². The summed E-state index contributed by atoms with van der Waals surface area (Å²) in [6.07, 6.45) is -0.261. The lowest BCUT2D eigenvalue weighted by Gasteiger charge is -2.32. The number of ether oxygens (including phenoxy) is 1. The lowest BCUT2D eigenvalue weighted by molar-refractivity contribution is -0.00260. The van der Waals surface area contributed by atoms with Crippen molar-refractivity contribution in [1.82, 2.24) is 4.31 Å². The highest BCUT2D eigenvalue weighted by Gasteiger charge is 2.30. The van der Waals surface area contributed by atoms with Crippen molar-refractivity contribution >= 4 is 21.6 Å². The second kappa shape index (κ2) is 7.23. The summed E-state index contributed by atoms with van der Waals surface area (Å²) in [5.74, 6) is 0.0208. The van der Waals surface area contributed by atoms with E-state index in [1.54, 1.807) is 12.1 Å². The second-order valence-corrected chi connectivity index (χ2v) is 8.36. The SMILES string of the molecule is Cc1ccccc1CS(=O)(=O)N1CCOC(c2ccc(Cl)cc2)C1. The summed E-state index contributed by atoms with van der Waals surface area (Å²) < 4.78 is 32.9. The molecule has 0 bridgehead atoms. The molecule has 128 valence electrons. The van der Waals surface area contributed by atoms with Crippen LogP contribution in [0.15, 0.2) is 48.5 Å². The molecule has 0 saturated carbocycles. The van der Waals surface area contributed by atoms with Crippen LogP contribution in [-0.4, -0.2) is 32.4 Å². The second-order valence-electron chi connectivity index (χ2n) is 5.95. The van der Waals surface area contributed by atoms with Crippen molar-refractivity contribution in [2.24, 2.45) is 0 Å². The Balaban J connectivity index is 1.76. The molecule has 24 heavy (non-hydrogen) atoms. The van der Waals surface area contributed by atoms with Crippen LogP contribution in [0.25, 0.3) is 0 Å². The lowest BCUT2D eigenvalue weighted by Crippen LogP contribution is -2.42. The third kappa shape index (κ3) is 3.98. The van der Waals surface area contributed by atoms with E-state index in [-0.39, 0.29) is 11.9 Å². The van der Waals surface area contributed by atoms with Gasteiger partial charge in [0.25, 0.3) is 0 Å². The Labute approximate surface area is 148 Å². The van der Waals surface area contributed by atoms with E-state index in [1.165, 1.54) is 4.31 Å². The zero-order valence-corrected chi connectivity index (χ0v) is 15.1. The van der Waals surface area contributed by atoms with Gasteiger partial charge >= 0.3 is 0 Å². The number of halogens is 1. The molecule has 0 radical (unpaired) electrons. The summed E-state index contributed by atoms with van der Waals surface area (Å²) in [5, 5.41) is 0.651. The molecule has 1 heterocycles. The van der Waals surface area contributed by atoms with Crippen molar-refractivity contribution in [2.45, 2.75) is 18.8 Å². The van der Waals surface area contributed by atoms with Gasteiger partial charge in [0.05, 0.1) is 18.5 Å². The average molecular weight is 366 g/mol. The monoisotopic (exact) mass is 365 g/mol. The maximum atomic E-state index is 12.8. The highest BCUT2D eigenvalue weighted by atomic mass is 35.5. The number of rotatable bonds is 4. The topological polar surface area (TPSA) is 46.6 Å². The van der Waals surface area contributed by atoms with Crippen molar-refractivity contribution in [3.63, 3.8) is 0 Å². The molecule has 0 spiro atoms. The van der Waals surface area contributed by atoms with Crippen LogP contribution in [0, 0.1) is 6.92 Å². The van der Waals surface area contributed by atoms with Crippen molar-refractivity contribution in [2.75, 3.05) is 19.7 Å². The fourth-order valence-electron chi connectivity index (χ4n) is 2.82. The molecular formula is C18H20ClNO3S. The number of hydrogen-bond donors (Lipinski definition) is 0. The van der Waals surface area contributed by atoms with Gasteiger partial charge in [0.15, 0.2) is 0 Å². The Morgan fingerprint density at radius 3 is 2.58 bits per heavy atom. The Kier molecular flexibility index (Phi) is 5.25. The van der Waals surface area contributed by atoms with Gasteiger partial charge in [-0.1, -0.05) is 48.0 Å². The molecule has 2 aromatic carbocycles. The Morgan fingerprint density at radius 1 is 1.17 bits per heavy atom. The molecule has 4 nitrogen and oxygen atoms in total. The summed E-state index contributed by atoms with van der Waals surface area (Å²) in [7, 11) is -3.38. The van der Waals surface area contributed by atoms with E-state index < -0.39 is 10.0 Å². The predicted molar refractivity (Wildman–Crippen MR) is 95.5 cm³/mol. The van der Waals surface area contributed by atoms with Crippen LogP contribution < -0.4 is 0 Å². The summed E-state index contributed by atoms with van der Waals surface area (Å²) in [6, 6.07) is 14.9. The lowest BCUT2D eigenvalue weighted by atomic mass is 10.1. The minimum Gasteiger partial charge on any atom is -0.371 e. The van der Waals surface area contributed by atoms with Gasteiger partial charge in [-0.25, -0.2) is 8.42 Å². The van der Waals surface area contributed by atoms with E-state index in [1.807, 2.05) is 43.3 Å². The van der Waals surface area contributed by atoms with Crippen LogP contribution in [0.5, 0.6) is 0 Å². The van der Waals surface area contributed by atoms with Gasteiger partial charge in [0, 0.05) is 18.1 Å². The molecule has 0 N–H and O–H groups in total. The number of aryl methyl sites for hydroxylation is 1. The molecule has 1 aliphatic heterocycles. The molecule has 2 aromatic rings. The maximum Gasteiger partial charge on any atom is 0.218 e. The van der Waals surface area contributed by atoms with Crippen LogP contribution >= 0.6 is 11.6 Å². The standard InChI is InChI=1S/C18H20ClNO3S/c1-14-4-2-3-5-16(14)13-24(21,22)20-10-11-23-18(12-20)15-6-8-17(19)9-7-15/h2-9,18H,10-13H2,1H3. The summed E-state index contributed by atoms with van der Waals surface area (Å²) in [4.78, 5) is 0. The first kappa shape index (κ1) is 17.4. The average Bonchev–Trinajstić information content (AvgIpc) is 2.58. The van der Waals surface area contributed by atoms with Crippen LogP contribution in [-0.2, 0) is 20.5 Å². The molecule has 1 fully saturated rings. The van der Waals surface area contributed by atoms with Crippen molar-refractivity contribution < 1.29 is 13.2 Å². The largest absolute Gasteiger partial charge is 0.371 e. The molecule has 1 saturated heterocycles. The van der Waals surface area contributed by atoms with Crippen LogP contribution in [0.4, 0.5) is 0 Å². The number of sulfonamides is 1. The number of morpholine rings is 1. The van der Waals surface area contributed by atoms with Crippen LogP contribution in [0.1, 0.15) is 22.8 Å². The molecule has 1 aliphatic rings. The van der Waals surface area contributed by atoms with E-state index in [9.17, 15) is 8.42 Å². The van der Waals surface area contributed by atoms with E-state index >= 15 is 0 Å². The quantitative estimate of drug-likeness (QED) is 0.832. The fraction of sp³-hybridized carbons (Fsp3) is 0.333. The molecule has 0 amide bonds. The fourth-order valence-corrected chi connectivity index (χ4v) is 4.56. The first-order valence-corrected chi connectivity index (χ1v) is 9.84. The molecule has 0 aromatic heterocycles. The normalized spacial score (nSPS) is 19.3. The number of hydrogen-bond acceptors (Lipinski definition) is 3. The molecule has 3 rings (SSSR count). The van der Waals surface area contributed by atoms with E-state index in [4.69, 9.17) is 16.3 Å². The van der Waals surface area contributed by atoms with Crippen molar-refractivity contribution in [3.8, 4) is 0 Å². The van der Waals surface area contributed by atoms with E-state index in [0.29, 0.717) is 24.7 Å². The minimum atomic E-state index is -3.38. The Morgan fingerprint density at radius 2 is 1.88 bits per heavy atom. The molecule has 0 aliphatic carbocycles. The first-order chi connectivity index (χ1) is 11.5. The number of benzene rings is 2. The van der Waals surface area contributed by atoms with E-state index in [2.05, 4.69) is 0 Å². The van der Waals surface area contributed by atoms with Crippen molar-refractivity contribution in [3.05, 3.63) is 70.2 Å². The smallest absolute Gasteiger partial charge is 0.218 e. The third-order valence-corrected chi connectivity index (χ3v) is 6.31. The zero-order valence-electron chi connectivity index (χ0n) is 13.5. The maximum absolute atomic E-state index is 12.8. The Bertz CT molecular complexity index is 805. The molecule has 6 heteroatoms. The zero-order chi connectivity index (χ0) is 17.2. The van der Waals surface area contributed by atoms with Gasteiger partial charge in [-0.2, -0.15) is 4.31 Å². The van der Waals surface area contributed by atoms with E-state index in [0.717, 1.165) is 16.7 Å². The van der Waals surface area contributed by atoms with Gasteiger partial charge in [-0.15, -0.1) is 0 Å². The highest BCUT2D eigenvalue weighted by Crippen LogP contribution is 2.26. The van der Waals surface area contributed by atoms with Crippen LogP contribution in [0.3, 0.4) is 0 Å². The van der Waals surface area contributed by atoms with Gasteiger partial charge in [0.1, 0.15) is 0 Å². The summed E-state index contributed by atoms with van der Waals surface area (Å²) in [5.41, 5.74) is 2.77. The summed E-state index contributed by atoms with van der Waals surface area (Å²) >= 11 is 5.91. The van der Waals surface area contributed by atoms with Crippen molar-refractivity contribution in [1.29, 1.82) is 0 Å². The molecular weight excluding hydrogens is 346 g/mol. The highest BCUT2D eigenvalue weighted by molar-refractivity contribution is 7.88. The summed E-state index contributed by atoms with van der Waals surface area (Å²) in [6.45, 7) is 3.04. The Hall–Kier alpha value is -1.40. The first-order valence-electron chi connectivity index (χ1n) is 7.85. The third-order valence-electron chi connectivity index (χ3n) is 4.26. The van der Waals surface area contributed by atoms with Gasteiger partial charge in [-0.05, 0) is 35.7 Å². The van der Waals surface area contributed by atoms with Crippen LogP contribution in [0.2, 0.25) is 5.02 Å². The predicted octanol–water partition coefficient (Wildman–Crippen LogP) is 3.55.